The number of nitrogens with zero attached hydrogens (tertiary/aromatic N) is 1. The van der Waals surface area contributed by atoms with E-state index in [4.69, 9.17) is 4.74 Å². The average molecular weight is 147 g/mol. The lowest BCUT2D eigenvalue weighted by molar-refractivity contribution is 0.0287. The molecular formula is C7H14FNO. The van der Waals surface area contributed by atoms with Crippen LogP contribution in [0.25, 0.3) is 0 Å². The molecule has 1 aliphatic heterocycles. The van der Waals surface area contributed by atoms with Crippen LogP contribution in [0, 0.1) is 0 Å². The molecule has 3 heteroatoms. The van der Waals surface area contributed by atoms with E-state index in [1.54, 1.807) is 6.92 Å². The minimum Gasteiger partial charge on any atom is -0.379 e. The first-order valence-electron chi connectivity index (χ1n) is 3.73. The van der Waals surface area contributed by atoms with E-state index in [0.717, 1.165) is 26.3 Å². The van der Waals surface area contributed by atoms with Crippen LogP contribution in [0.2, 0.25) is 0 Å². The molecule has 0 radical (unpaired) electrons. The third-order valence-corrected chi connectivity index (χ3v) is 1.61. The maximum Gasteiger partial charge on any atom is 0.110 e. The topological polar surface area (TPSA) is 12.5 Å². The molecule has 1 heterocycles. The molecule has 1 fully saturated rings. The highest BCUT2D eigenvalue weighted by Crippen LogP contribution is 1.99. The van der Waals surface area contributed by atoms with Crippen LogP contribution in [0.3, 0.4) is 0 Å². The van der Waals surface area contributed by atoms with Gasteiger partial charge in [0.2, 0.25) is 0 Å². The first-order valence-corrected chi connectivity index (χ1v) is 3.73. The van der Waals surface area contributed by atoms with Gasteiger partial charge in [0, 0.05) is 19.6 Å². The molecule has 60 valence electrons. The van der Waals surface area contributed by atoms with Gasteiger partial charge in [0.05, 0.1) is 13.2 Å². The fraction of sp³-hybridized carbons (Fsp3) is 1.00. The van der Waals surface area contributed by atoms with Crippen LogP contribution >= 0.6 is 0 Å². The van der Waals surface area contributed by atoms with Crippen molar-refractivity contribution in [3.8, 4) is 0 Å². The molecule has 0 aromatic carbocycles. The highest BCUT2D eigenvalue weighted by atomic mass is 19.1. The van der Waals surface area contributed by atoms with Crippen molar-refractivity contribution in [2.45, 2.75) is 13.1 Å². The summed E-state index contributed by atoms with van der Waals surface area (Å²) in [6.07, 6.45) is -0.710. The molecule has 2 nitrogen and oxygen atoms in total. The molecule has 0 unspecified atom stereocenters. The van der Waals surface area contributed by atoms with E-state index in [0.29, 0.717) is 6.54 Å². The Kier molecular flexibility index (Phi) is 3.09. The Labute approximate surface area is 61.0 Å². The van der Waals surface area contributed by atoms with E-state index >= 15 is 0 Å². The molecule has 0 bridgehead atoms. The fourth-order valence-corrected chi connectivity index (χ4v) is 1.14. The number of halogens is 1. The van der Waals surface area contributed by atoms with Gasteiger partial charge < -0.3 is 4.74 Å². The van der Waals surface area contributed by atoms with Crippen LogP contribution in [-0.2, 0) is 4.74 Å². The normalized spacial score (nSPS) is 24.6. The summed E-state index contributed by atoms with van der Waals surface area (Å²) in [6.45, 7) is 5.43. The van der Waals surface area contributed by atoms with E-state index in [1.807, 2.05) is 0 Å². The summed E-state index contributed by atoms with van der Waals surface area (Å²) in [5.41, 5.74) is 0. The molecule has 1 aliphatic rings. The van der Waals surface area contributed by atoms with E-state index < -0.39 is 6.17 Å². The highest BCUT2D eigenvalue weighted by Gasteiger charge is 2.12. The summed E-state index contributed by atoms with van der Waals surface area (Å²) in [7, 11) is 0. The van der Waals surface area contributed by atoms with Crippen LogP contribution in [-0.4, -0.2) is 43.9 Å². The maximum atomic E-state index is 12.4. The number of hydrogen-bond donors (Lipinski definition) is 0. The Balaban J connectivity index is 2.13. The average Bonchev–Trinajstić information content (AvgIpc) is 1.88. The minimum atomic E-state index is -0.710. The second kappa shape index (κ2) is 3.88. The summed E-state index contributed by atoms with van der Waals surface area (Å²) in [5, 5.41) is 0. The summed E-state index contributed by atoms with van der Waals surface area (Å²) in [4.78, 5) is 2.09. The molecule has 0 aliphatic carbocycles. The molecule has 10 heavy (non-hydrogen) atoms. The fourth-order valence-electron chi connectivity index (χ4n) is 1.14. The van der Waals surface area contributed by atoms with Gasteiger partial charge >= 0.3 is 0 Å². The molecule has 0 N–H and O–H groups in total. The molecule has 0 aromatic heterocycles. The summed E-state index contributed by atoms with van der Waals surface area (Å²) in [6, 6.07) is 0. The van der Waals surface area contributed by atoms with E-state index in [-0.39, 0.29) is 0 Å². The molecule has 1 atom stereocenters. The van der Waals surface area contributed by atoms with Crippen LogP contribution in [0.1, 0.15) is 6.92 Å². The van der Waals surface area contributed by atoms with Crippen LogP contribution in [0.4, 0.5) is 4.39 Å². The van der Waals surface area contributed by atoms with Crippen molar-refractivity contribution in [3.63, 3.8) is 0 Å². The first kappa shape index (κ1) is 7.95. The SMILES string of the molecule is C[C@H](F)CN1CCOCC1. The van der Waals surface area contributed by atoms with Crippen LogP contribution in [0.15, 0.2) is 0 Å². The van der Waals surface area contributed by atoms with Crippen molar-refractivity contribution in [3.05, 3.63) is 0 Å². The molecule has 0 saturated carbocycles. The molecule has 0 amide bonds. The number of rotatable bonds is 2. The van der Waals surface area contributed by atoms with Crippen molar-refractivity contribution in [1.82, 2.24) is 4.90 Å². The van der Waals surface area contributed by atoms with Crippen molar-refractivity contribution in [2.75, 3.05) is 32.8 Å². The summed E-state index contributed by atoms with van der Waals surface area (Å²) < 4.78 is 17.5. The number of ether oxygens (including phenoxy) is 1. The molecule has 0 aromatic rings. The predicted molar refractivity (Wildman–Crippen MR) is 37.8 cm³/mol. The predicted octanol–water partition coefficient (Wildman–Crippen LogP) is 0.677. The minimum absolute atomic E-state index is 0.559. The van der Waals surface area contributed by atoms with Crippen molar-refractivity contribution in [1.29, 1.82) is 0 Å². The van der Waals surface area contributed by atoms with Gasteiger partial charge in [0.15, 0.2) is 0 Å². The van der Waals surface area contributed by atoms with Crippen molar-refractivity contribution in [2.24, 2.45) is 0 Å². The molecule has 1 saturated heterocycles. The lowest BCUT2D eigenvalue weighted by atomic mass is 10.3. The van der Waals surface area contributed by atoms with Crippen LogP contribution < -0.4 is 0 Å². The lowest BCUT2D eigenvalue weighted by Crippen LogP contribution is -2.39. The quantitative estimate of drug-likeness (QED) is 0.569. The zero-order chi connectivity index (χ0) is 7.40. The Morgan fingerprint density at radius 3 is 2.60 bits per heavy atom. The van der Waals surface area contributed by atoms with Gasteiger partial charge in [-0.25, -0.2) is 4.39 Å². The lowest BCUT2D eigenvalue weighted by Gasteiger charge is -2.26. The van der Waals surface area contributed by atoms with Gasteiger partial charge in [-0.15, -0.1) is 0 Å². The van der Waals surface area contributed by atoms with Crippen molar-refractivity contribution < 1.29 is 9.13 Å². The molecule has 1 rings (SSSR count). The monoisotopic (exact) mass is 147 g/mol. The second-order valence-corrected chi connectivity index (χ2v) is 2.69. The van der Waals surface area contributed by atoms with E-state index in [2.05, 4.69) is 4.90 Å². The second-order valence-electron chi connectivity index (χ2n) is 2.69. The Bertz CT molecular complexity index is 91.6. The van der Waals surface area contributed by atoms with Crippen LogP contribution in [0.5, 0.6) is 0 Å². The Hall–Kier alpha value is -0.150. The first-order chi connectivity index (χ1) is 4.79. The van der Waals surface area contributed by atoms with Gasteiger partial charge in [0.1, 0.15) is 6.17 Å². The molecular weight excluding hydrogens is 133 g/mol. The zero-order valence-electron chi connectivity index (χ0n) is 6.35. The number of hydrogen-bond acceptors (Lipinski definition) is 2. The highest BCUT2D eigenvalue weighted by molar-refractivity contribution is 4.64. The summed E-state index contributed by atoms with van der Waals surface area (Å²) >= 11 is 0. The van der Waals surface area contributed by atoms with Crippen molar-refractivity contribution >= 4 is 0 Å². The standard InChI is InChI=1S/C7H14FNO/c1-7(8)6-9-2-4-10-5-3-9/h7H,2-6H2,1H3/t7-/m0/s1. The third kappa shape index (κ3) is 2.62. The van der Waals surface area contributed by atoms with Gasteiger partial charge in [-0.3, -0.25) is 4.90 Å². The maximum absolute atomic E-state index is 12.4. The van der Waals surface area contributed by atoms with Gasteiger partial charge in [-0.1, -0.05) is 0 Å². The summed E-state index contributed by atoms with van der Waals surface area (Å²) in [5.74, 6) is 0. The van der Waals surface area contributed by atoms with Gasteiger partial charge in [-0.2, -0.15) is 0 Å². The number of morpholine rings is 1. The van der Waals surface area contributed by atoms with E-state index in [1.165, 1.54) is 0 Å². The number of alkyl halides is 1. The third-order valence-electron chi connectivity index (χ3n) is 1.61. The Morgan fingerprint density at radius 2 is 2.10 bits per heavy atom. The van der Waals surface area contributed by atoms with E-state index in [9.17, 15) is 4.39 Å². The zero-order valence-corrected chi connectivity index (χ0v) is 6.35. The van der Waals surface area contributed by atoms with Gasteiger partial charge in [0.25, 0.3) is 0 Å². The Morgan fingerprint density at radius 1 is 1.50 bits per heavy atom. The molecule has 0 spiro atoms. The largest absolute Gasteiger partial charge is 0.379 e. The van der Waals surface area contributed by atoms with Gasteiger partial charge in [-0.05, 0) is 6.92 Å². The smallest absolute Gasteiger partial charge is 0.110 e.